The molecular weight excluding hydrogens is 315 g/mol. The summed E-state index contributed by atoms with van der Waals surface area (Å²) in [7, 11) is 0. The zero-order valence-electron chi connectivity index (χ0n) is 11.6. The van der Waals surface area contributed by atoms with Crippen LogP contribution in [0.15, 0.2) is 35.7 Å². The number of amides is 1. The molecular formula is C15H14F3NO2S. The van der Waals surface area contributed by atoms with Gasteiger partial charge in [-0.15, -0.1) is 11.3 Å². The molecule has 1 unspecified atom stereocenters. The molecule has 0 radical (unpaired) electrons. The van der Waals surface area contributed by atoms with Crippen molar-refractivity contribution in [2.75, 3.05) is 6.54 Å². The Morgan fingerprint density at radius 3 is 2.59 bits per heavy atom. The summed E-state index contributed by atoms with van der Waals surface area (Å²) in [6, 6.07) is 6.56. The Labute approximate surface area is 129 Å². The number of aliphatic hydroxyl groups excluding tert-OH is 1. The number of rotatable bonds is 4. The fourth-order valence-electron chi connectivity index (χ4n) is 2.03. The second kappa shape index (κ2) is 6.50. The minimum atomic E-state index is -4.55. The summed E-state index contributed by atoms with van der Waals surface area (Å²) in [5.74, 6) is -0.406. The highest BCUT2D eigenvalue weighted by Crippen LogP contribution is 2.34. The fourth-order valence-corrected chi connectivity index (χ4v) is 2.87. The average Bonchev–Trinajstić information content (AvgIpc) is 2.89. The van der Waals surface area contributed by atoms with Crippen LogP contribution in [-0.4, -0.2) is 17.6 Å². The van der Waals surface area contributed by atoms with E-state index in [4.69, 9.17) is 0 Å². The van der Waals surface area contributed by atoms with Crippen LogP contribution < -0.4 is 5.32 Å². The lowest BCUT2D eigenvalue weighted by atomic mass is 10.0. The van der Waals surface area contributed by atoms with E-state index in [1.54, 1.807) is 18.4 Å². The van der Waals surface area contributed by atoms with Gasteiger partial charge in [-0.1, -0.05) is 18.2 Å². The molecule has 118 valence electrons. The van der Waals surface area contributed by atoms with Crippen LogP contribution in [0.2, 0.25) is 0 Å². The molecule has 2 aromatic rings. The number of nitrogens with one attached hydrogen (secondary N) is 1. The van der Waals surface area contributed by atoms with Crippen molar-refractivity contribution in [1.29, 1.82) is 0 Å². The van der Waals surface area contributed by atoms with Crippen molar-refractivity contribution in [3.05, 3.63) is 57.3 Å². The Hall–Kier alpha value is -1.86. The number of alkyl halides is 3. The molecule has 1 aromatic carbocycles. The Morgan fingerprint density at radius 2 is 2.00 bits per heavy atom. The van der Waals surface area contributed by atoms with Crippen LogP contribution in [0.1, 0.15) is 32.5 Å². The minimum absolute atomic E-state index is 0.252. The monoisotopic (exact) mass is 329 g/mol. The fraction of sp³-hybridized carbons (Fsp3) is 0.267. The third kappa shape index (κ3) is 3.66. The summed E-state index contributed by atoms with van der Waals surface area (Å²) in [6.45, 7) is 1.48. The van der Waals surface area contributed by atoms with Gasteiger partial charge in [-0.25, -0.2) is 0 Å². The van der Waals surface area contributed by atoms with E-state index >= 15 is 0 Å². The molecule has 0 saturated heterocycles. The van der Waals surface area contributed by atoms with Crippen molar-refractivity contribution in [2.24, 2.45) is 0 Å². The zero-order chi connectivity index (χ0) is 16.3. The van der Waals surface area contributed by atoms with Gasteiger partial charge in [-0.2, -0.15) is 13.2 Å². The molecule has 2 rings (SSSR count). The molecule has 1 heterocycles. The molecule has 2 N–H and O–H groups in total. The second-order valence-electron chi connectivity index (χ2n) is 4.74. The maximum atomic E-state index is 12.9. The Kier molecular flexibility index (Phi) is 4.87. The maximum Gasteiger partial charge on any atom is 0.416 e. The van der Waals surface area contributed by atoms with Crippen LogP contribution in [0.4, 0.5) is 13.2 Å². The third-order valence-electron chi connectivity index (χ3n) is 3.15. The number of carbonyl (C=O) groups excluding carboxylic acids is 1. The minimum Gasteiger partial charge on any atom is -0.387 e. The number of hydrogen-bond donors (Lipinski definition) is 2. The average molecular weight is 329 g/mol. The summed E-state index contributed by atoms with van der Waals surface area (Å²) in [6.07, 6.45) is -5.98. The smallest absolute Gasteiger partial charge is 0.387 e. The van der Waals surface area contributed by atoms with Gasteiger partial charge in [0.25, 0.3) is 5.91 Å². The number of benzene rings is 1. The third-order valence-corrected chi connectivity index (χ3v) is 4.16. The van der Waals surface area contributed by atoms with Gasteiger partial charge in [-0.3, -0.25) is 4.79 Å². The lowest BCUT2D eigenvalue weighted by molar-refractivity contribution is -0.139. The lowest BCUT2D eigenvalue weighted by Gasteiger charge is -2.17. The second-order valence-corrected chi connectivity index (χ2v) is 5.66. The first-order chi connectivity index (χ1) is 10.3. The Bertz CT molecular complexity index is 667. The Morgan fingerprint density at radius 1 is 1.32 bits per heavy atom. The van der Waals surface area contributed by atoms with Gasteiger partial charge < -0.3 is 10.4 Å². The molecule has 0 aliphatic rings. The molecule has 1 aromatic heterocycles. The summed E-state index contributed by atoms with van der Waals surface area (Å²) in [5.41, 5.74) is -0.366. The maximum absolute atomic E-state index is 12.9. The summed E-state index contributed by atoms with van der Waals surface area (Å²) in [4.78, 5) is 12.4. The van der Waals surface area contributed by atoms with E-state index in [2.05, 4.69) is 5.32 Å². The van der Waals surface area contributed by atoms with Crippen LogP contribution in [0.5, 0.6) is 0 Å². The summed E-state index contributed by atoms with van der Waals surface area (Å²) >= 11 is 1.24. The predicted molar refractivity (Wildman–Crippen MR) is 77.8 cm³/mol. The largest absolute Gasteiger partial charge is 0.416 e. The highest BCUT2D eigenvalue weighted by Gasteiger charge is 2.34. The van der Waals surface area contributed by atoms with E-state index in [9.17, 15) is 23.1 Å². The number of thiophene rings is 1. The number of aliphatic hydroxyl groups is 1. The zero-order valence-corrected chi connectivity index (χ0v) is 12.5. The molecule has 0 fully saturated rings. The first kappa shape index (κ1) is 16.5. The lowest BCUT2D eigenvalue weighted by Crippen LogP contribution is -2.29. The van der Waals surface area contributed by atoms with E-state index in [0.29, 0.717) is 4.88 Å². The van der Waals surface area contributed by atoms with Crippen molar-refractivity contribution in [3.8, 4) is 0 Å². The molecule has 1 atom stereocenters. The van der Waals surface area contributed by atoms with Crippen molar-refractivity contribution in [2.45, 2.75) is 19.2 Å². The van der Waals surface area contributed by atoms with Gasteiger partial charge in [0.15, 0.2) is 0 Å². The van der Waals surface area contributed by atoms with Gasteiger partial charge in [0.05, 0.1) is 16.5 Å². The highest BCUT2D eigenvalue weighted by atomic mass is 32.1. The number of aryl methyl sites for hydroxylation is 1. The van der Waals surface area contributed by atoms with Gasteiger partial charge in [0, 0.05) is 6.54 Å². The molecule has 1 amide bonds. The molecule has 0 aliphatic carbocycles. The summed E-state index contributed by atoms with van der Waals surface area (Å²) in [5, 5.41) is 14.2. The predicted octanol–water partition coefficient (Wildman–Crippen LogP) is 3.54. The SMILES string of the molecule is Cc1ccsc1C(=O)NCC(O)c1ccccc1C(F)(F)F. The molecule has 7 heteroatoms. The molecule has 0 saturated carbocycles. The van der Waals surface area contributed by atoms with E-state index in [0.717, 1.165) is 11.6 Å². The summed E-state index contributed by atoms with van der Waals surface area (Å²) < 4.78 is 38.7. The van der Waals surface area contributed by atoms with Gasteiger partial charge >= 0.3 is 6.18 Å². The molecule has 0 spiro atoms. The van der Waals surface area contributed by atoms with Crippen LogP contribution in [-0.2, 0) is 6.18 Å². The van der Waals surface area contributed by atoms with Crippen LogP contribution in [0.3, 0.4) is 0 Å². The number of carbonyl (C=O) groups is 1. The van der Waals surface area contributed by atoms with Crippen molar-refractivity contribution >= 4 is 17.2 Å². The van der Waals surface area contributed by atoms with E-state index in [1.165, 1.54) is 29.5 Å². The molecule has 0 bridgehead atoms. The topological polar surface area (TPSA) is 49.3 Å². The molecule has 22 heavy (non-hydrogen) atoms. The molecule has 0 aliphatic heterocycles. The first-order valence-electron chi connectivity index (χ1n) is 6.47. The van der Waals surface area contributed by atoms with Crippen molar-refractivity contribution in [1.82, 2.24) is 5.32 Å². The first-order valence-corrected chi connectivity index (χ1v) is 7.35. The van der Waals surface area contributed by atoms with Gasteiger partial charge in [0.1, 0.15) is 0 Å². The standard InChI is InChI=1S/C15H14F3NO2S/c1-9-6-7-22-13(9)14(21)19-8-12(20)10-4-2-3-5-11(10)15(16,17)18/h2-7,12,20H,8H2,1H3,(H,19,21). The van der Waals surface area contributed by atoms with Crippen LogP contribution >= 0.6 is 11.3 Å². The number of hydrogen-bond acceptors (Lipinski definition) is 3. The van der Waals surface area contributed by atoms with Gasteiger partial charge in [-0.05, 0) is 35.6 Å². The van der Waals surface area contributed by atoms with E-state index in [-0.39, 0.29) is 12.1 Å². The van der Waals surface area contributed by atoms with E-state index in [1.807, 2.05) is 0 Å². The normalized spacial score (nSPS) is 13.0. The highest BCUT2D eigenvalue weighted by molar-refractivity contribution is 7.12. The van der Waals surface area contributed by atoms with Crippen LogP contribution in [0.25, 0.3) is 0 Å². The molecule has 3 nitrogen and oxygen atoms in total. The quantitative estimate of drug-likeness (QED) is 0.901. The van der Waals surface area contributed by atoms with Crippen LogP contribution in [0, 0.1) is 6.92 Å². The van der Waals surface area contributed by atoms with Crippen molar-refractivity contribution < 1.29 is 23.1 Å². The van der Waals surface area contributed by atoms with Crippen molar-refractivity contribution in [3.63, 3.8) is 0 Å². The van der Waals surface area contributed by atoms with Gasteiger partial charge in [0.2, 0.25) is 0 Å². The Balaban J connectivity index is 2.09. The number of halogens is 3. The van der Waals surface area contributed by atoms with E-state index < -0.39 is 23.8 Å².